The van der Waals surface area contributed by atoms with Gasteiger partial charge in [0.25, 0.3) is 0 Å². The first-order valence-electron chi connectivity index (χ1n) is 12.8. The van der Waals surface area contributed by atoms with Crippen molar-refractivity contribution in [1.29, 1.82) is 0 Å². The van der Waals surface area contributed by atoms with E-state index in [0.717, 1.165) is 72.6 Å². The van der Waals surface area contributed by atoms with Crippen LogP contribution in [0.5, 0.6) is 0 Å². The van der Waals surface area contributed by atoms with E-state index < -0.39 is 0 Å². The summed E-state index contributed by atoms with van der Waals surface area (Å²) < 4.78 is 1.85. The van der Waals surface area contributed by atoms with Gasteiger partial charge in [0.1, 0.15) is 0 Å². The molecule has 1 aliphatic rings. The Morgan fingerprint density at radius 1 is 1.06 bits per heavy atom. The van der Waals surface area contributed by atoms with Crippen LogP contribution in [0.3, 0.4) is 0 Å². The van der Waals surface area contributed by atoms with Gasteiger partial charge in [-0.2, -0.15) is 5.10 Å². The third-order valence-corrected chi connectivity index (χ3v) is 6.98. The first kappa shape index (κ1) is 24.3. The van der Waals surface area contributed by atoms with Gasteiger partial charge in [-0.1, -0.05) is 55.8 Å². The van der Waals surface area contributed by atoms with Gasteiger partial charge in [-0.05, 0) is 55.6 Å². The smallest absolute Gasteiger partial charge is 0.162 e. The van der Waals surface area contributed by atoms with Crippen LogP contribution < -0.4 is 15.5 Å². The number of nitrogens with one attached hydrogen (secondary N) is 2. The van der Waals surface area contributed by atoms with E-state index >= 15 is 0 Å². The van der Waals surface area contributed by atoms with Crippen molar-refractivity contribution >= 4 is 34.3 Å². The largest absolute Gasteiger partial charge is 0.370 e. The minimum absolute atomic E-state index is 0.617. The Morgan fingerprint density at radius 3 is 2.58 bits per heavy atom. The number of benzene rings is 2. The Hall–Kier alpha value is -3.35. The average Bonchev–Trinajstić information content (AvgIpc) is 3.33. The zero-order chi connectivity index (χ0) is 24.9. The number of nitrogens with zero attached hydrogens (tertiary/aromatic N) is 4. The summed E-state index contributed by atoms with van der Waals surface area (Å²) in [6.07, 6.45) is 11.3. The van der Waals surface area contributed by atoms with Gasteiger partial charge in [-0.3, -0.25) is 0 Å². The molecule has 0 saturated carbocycles. The summed E-state index contributed by atoms with van der Waals surface area (Å²) in [5.41, 5.74) is 7.23. The molecule has 186 valence electrons. The molecule has 0 bridgehead atoms. The van der Waals surface area contributed by atoms with Crippen molar-refractivity contribution in [2.24, 2.45) is 0 Å². The molecular weight excluding hydrogens is 468 g/mol. The highest BCUT2D eigenvalue weighted by Gasteiger charge is 2.21. The molecular formula is C29H33ClN6. The normalized spacial score (nSPS) is 15.0. The van der Waals surface area contributed by atoms with E-state index in [-0.39, 0.29) is 0 Å². The Morgan fingerprint density at radius 2 is 1.83 bits per heavy atom. The number of para-hydroxylation sites is 2. The summed E-state index contributed by atoms with van der Waals surface area (Å²) in [4.78, 5) is 7.29. The van der Waals surface area contributed by atoms with Crippen LogP contribution >= 0.6 is 11.6 Å². The SMILES string of the molecule is CCC=C(Nc1ccccc1N1CCC(NCC)CC1)c1cnc2c(-c3ccc(Cl)cc3)cnn2c1. The topological polar surface area (TPSA) is 57.5 Å². The van der Waals surface area contributed by atoms with Crippen molar-refractivity contribution in [1.82, 2.24) is 19.9 Å². The molecule has 3 heterocycles. The number of allylic oxidation sites excluding steroid dienone is 1. The van der Waals surface area contributed by atoms with E-state index in [9.17, 15) is 0 Å². The second-order valence-corrected chi connectivity index (χ2v) is 9.60. The zero-order valence-corrected chi connectivity index (χ0v) is 21.7. The standard InChI is InChI=1S/C29H33ClN6/c1-3-7-26(34-27-8-5-6-9-28(27)35-16-14-24(15-17-35)31-4-2)22-18-32-29-25(19-33-36(29)20-22)21-10-12-23(30)13-11-21/h5-13,18-20,24,31,34H,3-4,14-17H2,1-2H3. The molecule has 5 rings (SSSR count). The average molecular weight is 501 g/mol. The molecule has 1 aliphatic heterocycles. The summed E-state index contributed by atoms with van der Waals surface area (Å²) >= 11 is 6.07. The van der Waals surface area contributed by atoms with E-state index in [1.165, 1.54) is 5.69 Å². The molecule has 4 aromatic rings. The van der Waals surface area contributed by atoms with E-state index in [1.807, 2.05) is 47.4 Å². The number of hydrogen-bond donors (Lipinski definition) is 2. The number of rotatable bonds is 8. The number of anilines is 2. The van der Waals surface area contributed by atoms with Crippen LogP contribution in [0, 0.1) is 0 Å². The van der Waals surface area contributed by atoms with E-state index in [1.54, 1.807) is 0 Å². The maximum absolute atomic E-state index is 6.07. The predicted molar refractivity (Wildman–Crippen MR) is 151 cm³/mol. The lowest BCUT2D eigenvalue weighted by Crippen LogP contribution is -2.42. The number of piperidine rings is 1. The predicted octanol–water partition coefficient (Wildman–Crippen LogP) is 6.49. The molecule has 0 spiro atoms. The van der Waals surface area contributed by atoms with Crippen LogP contribution in [0.15, 0.2) is 73.2 Å². The van der Waals surface area contributed by atoms with Crippen molar-refractivity contribution in [3.05, 3.63) is 83.8 Å². The Balaban J connectivity index is 1.40. The zero-order valence-electron chi connectivity index (χ0n) is 20.9. The monoisotopic (exact) mass is 500 g/mol. The van der Waals surface area contributed by atoms with E-state index in [4.69, 9.17) is 16.6 Å². The van der Waals surface area contributed by atoms with Crippen molar-refractivity contribution in [2.45, 2.75) is 39.2 Å². The first-order valence-corrected chi connectivity index (χ1v) is 13.2. The van der Waals surface area contributed by atoms with Crippen molar-refractivity contribution in [3.8, 4) is 11.1 Å². The summed E-state index contributed by atoms with van der Waals surface area (Å²) in [5, 5.41) is 12.6. The Labute approximate surface area is 218 Å². The second kappa shape index (κ2) is 11.1. The van der Waals surface area contributed by atoms with Gasteiger partial charge in [-0.15, -0.1) is 0 Å². The van der Waals surface area contributed by atoms with Crippen molar-refractivity contribution < 1.29 is 0 Å². The highest BCUT2D eigenvalue weighted by Crippen LogP contribution is 2.32. The lowest BCUT2D eigenvalue weighted by atomic mass is 10.0. The van der Waals surface area contributed by atoms with Crippen LogP contribution in [0.25, 0.3) is 22.5 Å². The van der Waals surface area contributed by atoms with Crippen LogP contribution in [0.4, 0.5) is 11.4 Å². The van der Waals surface area contributed by atoms with Crippen LogP contribution in [0.2, 0.25) is 5.02 Å². The minimum atomic E-state index is 0.617. The Bertz CT molecular complexity index is 1340. The van der Waals surface area contributed by atoms with Gasteiger partial charge in [0.15, 0.2) is 5.65 Å². The van der Waals surface area contributed by atoms with Crippen molar-refractivity contribution in [2.75, 3.05) is 29.9 Å². The maximum Gasteiger partial charge on any atom is 0.162 e. The molecule has 0 unspecified atom stereocenters. The first-order chi connectivity index (χ1) is 17.7. The van der Waals surface area contributed by atoms with Gasteiger partial charge < -0.3 is 15.5 Å². The van der Waals surface area contributed by atoms with Crippen LogP contribution in [0.1, 0.15) is 38.7 Å². The fourth-order valence-electron chi connectivity index (χ4n) is 4.91. The molecule has 0 atom stereocenters. The number of hydrogen-bond acceptors (Lipinski definition) is 5. The lowest BCUT2D eigenvalue weighted by Gasteiger charge is -2.35. The molecule has 0 radical (unpaired) electrons. The molecule has 2 aromatic heterocycles. The molecule has 2 N–H and O–H groups in total. The fourth-order valence-corrected chi connectivity index (χ4v) is 5.03. The van der Waals surface area contributed by atoms with Gasteiger partial charge in [-0.25, -0.2) is 9.50 Å². The molecule has 1 fully saturated rings. The van der Waals surface area contributed by atoms with E-state index in [2.05, 4.69) is 64.8 Å². The highest BCUT2D eigenvalue weighted by molar-refractivity contribution is 6.30. The summed E-state index contributed by atoms with van der Waals surface area (Å²) in [7, 11) is 0. The van der Waals surface area contributed by atoms with E-state index in [0.29, 0.717) is 11.1 Å². The second-order valence-electron chi connectivity index (χ2n) is 9.16. The lowest BCUT2D eigenvalue weighted by molar-refractivity contribution is 0.424. The van der Waals surface area contributed by atoms with Gasteiger partial charge in [0, 0.05) is 53.4 Å². The highest BCUT2D eigenvalue weighted by atomic mass is 35.5. The number of halogens is 1. The minimum Gasteiger partial charge on any atom is -0.370 e. The van der Waals surface area contributed by atoms with Crippen LogP contribution in [-0.4, -0.2) is 40.3 Å². The number of fused-ring (bicyclic) bond motifs is 1. The molecule has 36 heavy (non-hydrogen) atoms. The van der Waals surface area contributed by atoms with Crippen molar-refractivity contribution in [3.63, 3.8) is 0 Å². The summed E-state index contributed by atoms with van der Waals surface area (Å²) in [5.74, 6) is 0. The molecule has 6 nitrogen and oxygen atoms in total. The molecule has 0 aliphatic carbocycles. The third-order valence-electron chi connectivity index (χ3n) is 6.73. The maximum atomic E-state index is 6.07. The number of aromatic nitrogens is 3. The molecule has 2 aromatic carbocycles. The van der Waals surface area contributed by atoms with Gasteiger partial charge >= 0.3 is 0 Å². The third kappa shape index (κ3) is 5.25. The summed E-state index contributed by atoms with van der Waals surface area (Å²) in [6, 6.07) is 17.0. The Kier molecular flexibility index (Phi) is 7.54. The van der Waals surface area contributed by atoms with Crippen LogP contribution in [-0.2, 0) is 0 Å². The quantitative estimate of drug-likeness (QED) is 0.289. The van der Waals surface area contributed by atoms with Gasteiger partial charge in [0.05, 0.1) is 17.6 Å². The fraction of sp³-hybridized carbons (Fsp3) is 0.310. The van der Waals surface area contributed by atoms with Gasteiger partial charge in [0.2, 0.25) is 0 Å². The molecule has 0 amide bonds. The summed E-state index contributed by atoms with van der Waals surface area (Å²) in [6.45, 7) is 7.47. The molecule has 1 saturated heterocycles. The molecule has 7 heteroatoms.